The second-order valence-corrected chi connectivity index (χ2v) is 2.86. The highest BCUT2D eigenvalue weighted by atomic mass is 13.9. The van der Waals surface area contributed by atoms with Crippen molar-refractivity contribution in [1.82, 2.24) is 0 Å². The van der Waals surface area contributed by atoms with Crippen LogP contribution in [0.1, 0.15) is 47.3 Å². The molecule has 0 radical (unpaired) electrons. The van der Waals surface area contributed by atoms with Gasteiger partial charge in [0.2, 0.25) is 0 Å². The molecular formula is C11H18. The molecule has 11 heavy (non-hydrogen) atoms. The monoisotopic (exact) mass is 151 g/mol. The zero-order valence-electron chi connectivity index (χ0n) is 8.61. The molecule has 0 heteroatoms. The number of terminal acetylenes is 1. The van der Waals surface area contributed by atoms with Crippen molar-refractivity contribution in [3.05, 3.63) is 11.6 Å². The van der Waals surface area contributed by atoms with Gasteiger partial charge < -0.3 is 0 Å². The van der Waals surface area contributed by atoms with Crippen molar-refractivity contribution in [2.75, 3.05) is 0 Å². The van der Waals surface area contributed by atoms with E-state index in [9.17, 15) is 0 Å². The molecule has 0 amide bonds. The van der Waals surface area contributed by atoms with E-state index in [1.807, 2.05) is 6.92 Å². The molecule has 0 aromatic heterocycles. The predicted octanol–water partition coefficient (Wildman–Crippen LogP) is 3.54. The second-order valence-electron chi connectivity index (χ2n) is 2.86. The van der Waals surface area contributed by atoms with E-state index in [0.717, 1.165) is 12.0 Å². The lowest BCUT2D eigenvalue weighted by Crippen LogP contribution is -1.75. The van der Waals surface area contributed by atoms with Crippen molar-refractivity contribution in [3.8, 4) is 12.3 Å². The maximum Gasteiger partial charge on any atom is 0.124 e. The molecule has 0 spiro atoms. The third kappa shape index (κ3) is 7.19. The van der Waals surface area contributed by atoms with Crippen LogP contribution in [0.3, 0.4) is 0 Å². The first-order valence-corrected chi connectivity index (χ1v) is 4.40. The van der Waals surface area contributed by atoms with Crippen LogP contribution in [0.15, 0.2) is 11.6 Å². The molecule has 0 rings (SSSR count). The number of hydrogen-bond donors (Lipinski definition) is 0. The van der Waals surface area contributed by atoms with Crippen LogP contribution in [-0.4, -0.2) is 0 Å². The fourth-order valence-corrected chi connectivity index (χ4v) is 0.941. The minimum absolute atomic E-state index is 1.03. The molecule has 0 atom stereocenters. The zero-order valence-corrected chi connectivity index (χ0v) is 7.61. The predicted molar refractivity (Wildman–Crippen MR) is 51.3 cm³/mol. The Kier molecular flexibility index (Phi) is 5.65. The summed E-state index contributed by atoms with van der Waals surface area (Å²) < 4.78 is 6.68. The van der Waals surface area contributed by atoms with Crippen molar-refractivity contribution >= 4 is 0 Å². The molecule has 0 aromatic rings. The lowest BCUT2D eigenvalue weighted by atomic mass is 10.1. The van der Waals surface area contributed by atoms with Gasteiger partial charge in [-0.15, -0.1) is 6.40 Å². The van der Waals surface area contributed by atoms with Gasteiger partial charge in [0.05, 0.1) is 0 Å². The fraction of sp³-hybridized carbons (Fsp3) is 0.636. The SMILES string of the molecule is [2H]C#C/C(C)=C/CCCCCC. The van der Waals surface area contributed by atoms with Crippen LogP contribution in [0.4, 0.5) is 0 Å². The van der Waals surface area contributed by atoms with E-state index in [1.165, 1.54) is 25.7 Å². The van der Waals surface area contributed by atoms with Gasteiger partial charge in [0.15, 0.2) is 0 Å². The van der Waals surface area contributed by atoms with E-state index in [2.05, 4.69) is 25.3 Å². The summed E-state index contributed by atoms with van der Waals surface area (Å²) in [6.07, 6.45) is 10.6. The lowest BCUT2D eigenvalue weighted by Gasteiger charge is -1.94. The van der Waals surface area contributed by atoms with Crippen LogP contribution >= 0.6 is 0 Å². The average Bonchev–Trinajstić information content (AvgIpc) is 2.05. The third-order valence-electron chi connectivity index (χ3n) is 1.71. The van der Waals surface area contributed by atoms with Crippen LogP contribution in [0, 0.1) is 12.3 Å². The van der Waals surface area contributed by atoms with Crippen molar-refractivity contribution in [2.24, 2.45) is 0 Å². The fourth-order valence-electron chi connectivity index (χ4n) is 0.941. The largest absolute Gasteiger partial charge is 0.124 e. The summed E-state index contributed by atoms with van der Waals surface area (Å²) in [5.41, 5.74) is 1.03. The summed E-state index contributed by atoms with van der Waals surface area (Å²) in [6, 6.07) is 0. The van der Waals surface area contributed by atoms with Gasteiger partial charge in [-0.2, -0.15) is 0 Å². The molecule has 0 bridgehead atoms. The minimum atomic E-state index is 1.03. The van der Waals surface area contributed by atoms with Crippen molar-refractivity contribution < 1.29 is 1.37 Å². The van der Waals surface area contributed by atoms with Crippen molar-refractivity contribution in [1.29, 1.82) is 0 Å². The summed E-state index contributed by atoms with van der Waals surface area (Å²) >= 11 is 0. The van der Waals surface area contributed by atoms with Crippen LogP contribution in [-0.2, 0) is 0 Å². The van der Waals surface area contributed by atoms with E-state index in [-0.39, 0.29) is 0 Å². The summed E-state index contributed by atoms with van der Waals surface area (Å²) in [6.45, 7) is 4.17. The van der Waals surface area contributed by atoms with Gasteiger partial charge in [-0.25, -0.2) is 0 Å². The van der Waals surface area contributed by atoms with Gasteiger partial charge >= 0.3 is 0 Å². The molecule has 0 nitrogen and oxygen atoms in total. The van der Waals surface area contributed by atoms with Gasteiger partial charge in [0, 0.05) is 0 Å². The van der Waals surface area contributed by atoms with Gasteiger partial charge in [0.1, 0.15) is 1.37 Å². The van der Waals surface area contributed by atoms with E-state index in [1.54, 1.807) is 0 Å². The molecule has 62 valence electrons. The molecule has 0 fully saturated rings. The summed E-state index contributed by atoms with van der Waals surface area (Å²) in [7, 11) is 0. The smallest absolute Gasteiger partial charge is 0.115 e. The molecule has 0 aromatic carbocycles. The Morgan fingerprint density at radius 1 is 1.55 bits per heavy atom. The molecule has 0 saturated heterocycles. The normalized spacial score (nSPS) is 11.8. The highest BCUT2D eigenvalue weighted by Gasteiger charge is 1.85. The van der Waals surface area contributed by atoms with E-state index in [4.69, 9.17) is 1.37 Å². The Labute approximate surface area is 72.1 Å². The van der Waals surface area contributed by atoms with E-state index in [0.29, 0.717) is 0 Å². The minimum Gasteiger partial charge on any atom is -0.115 e. The van der Waals surface area contributed by atoms with Crippen LogP contribution in [0.25, 0.3) is 0 Å². The van der Waals surface area contributed by atoms with Gasteiger partial charge in [-0.3, -0.25) is 0 Å². The number of allylic oxidation sites excluding steroid dienone is 2. The Morgan fingerprint density at radius 3 is 3.00 bits per heavy atom. The molecule has 0 aliphatic rings. The topological polar surface area (TPSA) is 0 Å². The zero-order chi connectivity index (χ0) is 9.23. The first-order chi connectivity index (χ1) is 5.81. The molecule has 0 aliphatic carbocycles. The standard InChI is InChI=1S/C11H18/c1-4-6-7-8-9-10-11(3)5-2/h2,10H,4,6-9H2,1,3H3/b11-10+/i2D. The third-order valence-corrected chi connectivity index (χ3v) is 1.71. The summed E-state index contributed by atoms with van der Waals surface area (Å²) in [5.74, 6) is 2.71. The first-order valence-electron chi connectivity index (χ1n) is 4.90. The van der Waals surface area contributed by atoms with Crippen LogP contribution < -0.4 is 0 Å². The van der Waals surface area contributed by atoms with Gasteiger partial charge in [-0.1, -0.05) is 38.2 Å². The van der Waals surface area contributed by atoms with Gasteiger partial charge in [0.25, 0.3) is 0 Å². The Bertz CT molecular complexity index is 181. The maximum absolute atomic E-state index is 6.68. The summed E-state index contributed by atoms with van der Waals surface area (Å²) in [5, 5.41) is 0. The highest BCUT2D eigenvalue weighted by Crippen LogP contribution is 2.04. The molecule has 0 saturated carbocycles. The van der Waals surface area contributed by atoms with E-state index < -0.39 is 0 Å². The first kappa shape index (κ1) is 8.40. The van der Waals surface area contributed by atoms with Crippen molar-refractivity contribution in [3.63, 3.8) is 0 Å². The van der Waals surface area contributed by atoms with Crippen molar-refractivity contribution in [2.45, 2.75) is 46.0 Å². The summed E-state index contributed by atoms with van der Waals surface area (Å²) in [4.78, 5) is 0. The Balaban J connectivity index is 3.38. The lowest BCUT2D eigenvalue weighted by molar-refractivity contribution is 0.674. The van der Waals surface area contributed by atoms with Crippen LogP contribution in [0.2, 0.25) is 0 Å². The number of rotatable bonds is 5. The van der Waals surface area contributed by atoms with Crippen LogP contribution in [0.5, 0.6) is 0 Å². The molecule has 0 unspecified atom stereocenters. The molecule has 0 N–H and O–H groups in total. The molecular weight excluding hydrogens is 132 g/mol. The Morgan fingerprint density at radius 2 is 2.36 bits per heavy atom. The number of hydrogen-bond acceptors (Lipinski definition) is 0. The average molecular weight is 151 g/mol. The quantitative estimate of drug-likeness (QED) is 0.416. The van der Waals surface area contributed by atoms with Gasteiger partial charge in [-0.05, 0) is 25.3 Å². The van der Waals surface area contributed by atoms with E-state index >= 15 is 0 Å². The molecule has 0 heterocycles. The highest BCUT2D eigenvalue weighted by molar-refractivity contribution is 5.21. The maximum atomic E-state index is 6.68. The second kappa shape index (κ2) is 7.41. The number of unbranched alkanes of at least 4 members (excludes halogenated alkanes) is 4. The molecule has 0 aliphatic heterocycles. The Hall–Kier alpha value is -0.700.